The summed E-state index contributed by atoms with van der Waals surface area (Å²) >= 11 is 0. The second-order valence-corrected chi connectivity index (χ2v) is 3.26. The minimum Gasteiger partial charge on any atom is -0.512 e. The molecule has 2 N–H and O–H groups in total. The van der Waals surface area contributed by atoms with Crippen LogP contribution in [0, 0.1) is 0 Å². The van der Waals surface area contributed by atoms with Crippen molar-refractivity contribution in [1.29, 1.82) is 0 Å². The van der Waals surface area contributed by atoms with Gasteiger partial charge in [-0.25, -0.2) is 0 Å². The van der Waals surface area contributed by atoms with E-state index in [0.717, 1.165) is 16.5 Å². The molecule has 0 bridgehead atoms. The molecule has 0 spiro atoms. The molecule has 0 radical (unpaired) electrons. The Kier molecular flexibility index (Phi) is 2.98. The zero-order chi connectivity index (χ0) is 11.5. The Bertz CT molecular complexity index is 498. The van der Waals surface area contributed by atoms with E-state index in [2.05, 4.69) is 0 Å². The molecule has 0 heterocycles. The Labute approximate surface area is 93.2 Å². The quantitative estimate of drug-likeness (QED) is 0.759. The van der Waals surface area contributed by atoms with E-state index in [0.29, 0.717) is 5.75 Å². The Hall–Kier alpha value is -1.72. The molecular formula is C11H11BO4. The van der Waals surface area contributed by atoms with Gasteiger partial charge in [-0.1, -0.05) is 24.3 Å². The van der Waals surface area contributed by atoms with Crippen LogP contribution in [0.3, 0.4) is 0 Å². The highest BCUT2D eigenvalue weighted by Crippen LogP contribution is 2.32. The molecule has 16 heavy (non-hydrogen) atoms. The second kappa shape index (κ2) is 4.43. The van der Waals surface area contributed by atoms with Crippen molar-refractivity contribution in [3.05, 3.63) is 36.4 Å². The molecular weight excluding hydrogens is 207 g/mol. The standard InChI is InChI=1S/C11H11BO4/c1-15-10-6-7-11(16-12(13)14)9-5-3-2-4-8(9)10/h2-7,13-14H,1H3. The summed E-state index contributed by atoms with van der Waals surface area (Å²) in [5.74, 6) is 1.13. The highest BCUT2D eigenvalue weighted by molar-refractivity contribution is 6.34. The van der Waals surface area contributed by atoms with Crippen molar-refractivity contribution in [2.45, 2.75) is 0 Å². The number of hydrogen-bond acceptors (Lipinski definition) is 4. The largest absolute Gasteiger partial charge is 0.707 e. The number of ether oxygens (including phenoxy) is 1. The summed E-state index contributed by atoms with van der Waals surface area (Å²) in [6, 6.07) is 10.8. The van der Waals surface area contributed by atoms with Crippen LogP contribution < -0.4 is 9.39 Å². The average molecular weight is 218 g/mol. The first kappa shape index (κ1) is 10.8. The number of benzene rings is 2. The molecule has 0 aliphatic carbocycles. The van der Waals surface area contributed by atoms with Gasteiger partial charge in [-0.15, -0.1) is 0 Å². The lowest BCUT2D eigenvalue weighted by atomic mass is 10.1. The summed E-state index contributed by atoms with van der Waals surface area (Å²) in [6.45, 7) is 0. The van der Waals surface area contributed by atoms with E-state index in [9.17, 15) is 0 Å². The molecule has 0 atom stereocenters. The van der Waals surface area contributed by atoms with Gasteiger partial charge in [0.05, 0.1) is 7.11 Å². The first-order valence-corrected chi connectivity index (χ1v) is 4.81. The highest BCUT2D eigenvalue weighted by atomic mass is 16.6. The molecule has 0 aromatic heterocycles. The van der Waals surface area contributed by atoms with Gasteiger partial charge in [-0.05, 0) is 12.1 Å². The number of fused-ring (bicyclic) bond motifs is 1. The molecule has 0 unspecified atom stereocenters. The average Bonchev–Trinajstić information content (AvgIpc) is 2.29. The third-order valence-corrected chi connectivity index (χ3v) is 2.30. The second-order valence-electron chi connectivity index (χ2n) is 3.26. The summed E-state index contributed by atoms with van der Waals surface area (Å²) in [6.07, 6.45) is 0. The van der Waals surface area contributed by atoms with Crippen LogP contribution >= 0.6 is 0 Å². The van der Waals surface area contributed by atoms with E-state index in [4.69, 9.17) is 19.4 Å². The Balaban J connectivity index is 2.60. The number of hydrogen-bond donors (Lipinski definition) is 2. The van der Waals surface area contributed by atoms with Crippen molar-refractivity contribution < 1.29 is 19.4 Å². The van der Waals surface area contributed by atoms with Crippen LogP contribution in [-0.4, -0.2) is 24.5 Å². The summed E-state index contributed by atoms with van der Waals surface area (Å²) in [5, 5.41) is 19.2. The minimum atomic E-state index is -1.82. The van der Waals surface area contributed by atoms with Crippen LogP contribution in [0.5, 0.6) is 11.5 Å². The summed E-state index contributed by atoms with van der Waals surface area (Å²) in [7, 11) is -0.236. The summed E-state index contributed by atoms with van der Waals surface area (Å²) < 4.78 is 10.1. The first-order valence-electron chi connectivity index (χ1n) is 4.81. The van der Waals surface area contributed by atoms with Gasteiger partial charge < -0.3 is 19.4 Å². The van der Waals surface area contributed by atoms with Gasteiger partial charge in [-0.2, -0.15) is 0 Å². The van der Waals surface area contributed by atoms with E-state index in [-0.39, 0.29) is 0 Å². The van der Waals surface area contributed by atoms with Crippen LogP contribution in [0.15, 0.2) is 36.4 Å². The monoisotopic (exact) mass is 218 g/mol. The fourth-order valence-corrected chi connectivity index (χ4v) is 1.64. The maximum atomic E-state index is 8.79. The minimum absolute atomic E-state index is 0.409. The molecule has 2 aromatic rings. The molecule has 0 fully saturated rings. The van der Waals surface area contributed by atoms with Crippen LogP contribution in [-0.2, 0) is 0 Å². The van der Waals surface area contributed by atoms with E-state index in [1.165, 1.54) is 0 Å². The van der Waals surface area contributed by atoms with Crippen LogP contribution in [0.4, 0.5) is 0 Å². The lowest BCUT2D eigenvalue weighted by molar-refractivity contribution is 0.289. The van der Waals surface area contributed by atoms with Gasteiger partial charge in [0.1, 0.15) is 11.5 Å². The normalized spacial score (nSPS) is 10.2. The van der Waals surface area contributed by atoms with Gasteiger partial charge in [0.2, 0.25) is 0 Å². The molecule has 2 aromatic carbocycles. The predicted molar refractivity (Wildman–Crippen MR) is 61.3 cm³/mol. The third kappa shape index (κ3) is 1.96. The Morgan fingerprint density at radius 3 is 2.06 bits per heavy atom. The third-order valence-electron chi connectivity index (χ3n) is 2.30. The summed E-state index contributed by atoms with van der Waals surface area (Å²) in [5.41, 5.74) is 0. The molecule has 0 saturated carbocycles. The van der Waals surface area contributed by atoms with Gasteiger partial charge in [0, 0.05) is 10.8 Å². The van der Waals surface area contributed by atoms with Crippen molar-refractivity contribution >= 4 is 18.1 Å². The zero-order valence-corrected chi connectivity index (χ0v) is 8.75. The maximum Gasteiger partial charge on any atom is 0.707 e. The van der Waals surface area contributed by atoms with Gasteiger partial charge in [0.15, 0.2) is 0 Å². The van der Waals surface area contributed by atoms with Crippen molar-refractivity contribution in [2.24, 2.45) is 0 Å². The van der Waals surface area contributed by atoms with Gasteiger partial charge >= 0.3 is 7.32 Å². The molecule has 0 amide bonds. The topological polar surface area (TPSA) is 58.9 Å². The summed E-state index contributed by atoms with van der Waals surface area (Å²) in [4.78, 5) is 0. The van der Waals surface area contributed by atoms with E-state index in [1.807, 2.05) is 24.3 Å². The van der Waals surface area contributed by atoms with Gasteiger partial charge in [-0.3, -0.25) is 0 Å². The van der Waals surface area contributed by atoms with Crippen LogP contribution in [0.1, 0.15) is 0 Å². The van der Waals surface area contributed by atoms with Crippen molar-refractivity contribution in [2.75, 3.05) is 7.11 Å². The lowest BCUT2D eigenvalue weighted by Crippen LogP contribution is -2.20. The molecule has 0 saturated heterocycles. The van der Waals surface area contributed by atoms with Crippen LogP contribution in [0.2, 0.25) is 0 Å². The molecule has 82 valence electrons. The van der Waals surface area contributed by atoms with E-state index < -0.39 is 7.32 Å². The molecule has 2 rings (SSSR count). The Morgan fingerprint density at radius 2 is 1.50 bits per heavy atom. The lowest BCUT2D eigenvalue weighted by Gasteiger charge is -2.11. The van der Waals surface area contributed by atoms with E-state index in [1.54, 1.807) is 19.2 Å². The number of methoxy groups -OCH3 is 1. The molecule has 0 aliphatic rings. The van der Waals surface area contributed by atoms with E-state index >= 15 is 0 Å². The van der Waals surface area contributed by atoms with Gasteiger partial charge in [0.25, 0.3) is 0 Å². The fourth-order valence-electron chi connectivity index (χ4n) is 1.64. The SMILES string of the molecule is COc1ccc(OB(O)O)c2ccccc12. The molecule has 0 aliphatic heterocycles. The number of rotatable bonds is 3. The molecule has 4 nitrogen and oxygen atoms in total. The van der Waals surface area contributed by atoms with Crippen molar-refractivity contribution in [3.63, 3.8) is 0 Å². The maximum absolute atomic E-state index is 8.79. The Morgan fingerprint density at radius 1 is 0.938 bits per heavy atom. The molecule has 5 heteroatoms. The van der Waals surface area contributed by atoms with Crippen molar-refractivity contribution in [3.8, 4) is 11.5 Å². The predicted octanol–water partition coefficient (Wildman–Crippen LogP) is 1.20. The van der Waals surface area contributed by atoms with Crippen LogP contribution in [0.25, 0.3) is 10.8 Å². The fraction of sp³-hybridized carbons (Fsp3) is 0.0909. The van der Waals surface area contributed by atoms with Crippen molar-refractivity contribution in [1.82, 2.24) is 0 Å². The smallest absolute Gasteiger partial charge is 0.512 e. The highest BCUT2D eigenvalue weighted by Gasteiger charge is 2.14. The first-order chi connectivity index (χ1) is 7.72. The zero-order valence-electron chi connectivity index (χ0n) is 8.75.